The van der Waals surface area contributed by atoms with E-state index in [-0.39, 0.29) is 12.0 Å². The van der Waals surface area contributed by atoms with Crippen molar-refractivity contribution >= 4 is 23.7 Å². The van der Waals surface area contributed by atoms with E-state index >= 15 is 0 Å². The Hall–Kier alpha value is -5.07. The molecule has 6 rings (SSSR count). The first-order chi connectivity index (χ1) is 21.7. The van der Waals surface area contributed by atoms with Crippen LogP contribution in [0.25, 0.3) is 11.3 Å². The summed E-state index contributed by atoms with van der Waals surface area (Å²) in [6.45, 7) is 0. The van der Waals surface area contributed by atoms with Crippen LogP contribution in [0.1, 0.15) is 22.3 Å². The van der Waals surface area contributed by atoms with E-state index < -0.39 is 10.8 Å². The maximum absolute atomic E-state index is 12.8. The molecular formula is C38H32N2O3S. The van der Waals surface area contributed by atoms with Crippen LogP contribution in [0, 0.1) is 0 Å². The number of carbonyl (C=O) groups excluding carboxylic acids is 1. The Morgan fingerprint density at radius 1 is 0.750 bits per heavy atom. The SMILES string of the molecule is COC(=O)[C@H](Cc1ccc(SC(c2ccccc2)(c2ccccc2)c2ccccc2)cc1)Nc1ncc(-c2ccccc2)o1. The Morgan fingerprint density at radius 3 is 1.75 bits per heavy atom. The molecule has 6 aromatic rings. The first kappa shape index (κ1) is 29.0. The summed E-state index contributed by atoms with van der Waals surface area (Å²) in [5, 5.41) is 3.13. The third-order valence-electron chi connectivity index (χ3n) is 7.52. The zero-order valence-electron chi connectivity index (χ0n) is 24.3. The molecule has 0 unspecified atom stereocenters. The fraction of sp³-hybridized carbons (Fsp3) is 0.105. The van der Waals surface area contributed by atoms with Gasteiger partial charge in [0.25, 0.3) is 6.01 Å². The van der Waals surface area contributed by atoms with Gasteiger partial charge in [0.2, 0.25) is 0 Å². The Morgan fingerprint density at radius 2 is 1.25 bits per heavy atom. The molecule has 5 aromatic carbocycles. The van der Waals surface area contributed by atoms with E-state index in [1.54, 1.807) is 18.0 Å². The number of aromatic nitrogens is 1. The van der Waals surface area contributed by atoms with Crippen LogP contribution in [-0.2, 0) is 20.7 Å². The summed E-state index contributed by atoms with van der Waals surface area (Å²) in [5.41, 5.74) is 5.48. The third-order valence-corrected chi connectivity index (χ3v) is 9.04. The highest BCUT2D eigenvalue weighted by molar-refractivity contribution is 8.00. The number of nitrogens with zero attached hydrogens (tertiary/aromatic N) is 1. The van der Waals surface area contributed by atoms with Gasteiger partial charge in [-0.05, 0) is 34.4 Å². The molecule has 218 valence electrons. The van der Waals surface area contributed by atoms with E-state index in [0.717, 1.165) is 16.0 Å². The Labute approximate surface area is 262 Å². The molecule has 0 amide bonds. The van der Waals surface area contributed by atoms with E-state index in [9.17, 15) is 4.79 Å². The van der Waals surface area contributed by atoms with Gasteiger partial charge in [0.05, 0.1) is 18.1 Å². The molecule has 0 saturated heterocycles. The standard InChI is InChI=1S/C38H32N2O3S/c1-42-36(41)34(40-37-39-27-35(43-37)29-14-6-2-7-15-29)26-28-22-24-33(25-23-28)44-38(30-16-8-3-9-17-30,31-18-10-4-11-19-31)32-20-12-5-13-21-32/h2-25,27,34H,26H2,1H3,(H,39,40)/t34-/m0/s1. The van der Waals surface area contributed by atoms with Gasteiger partial charge < -0.3 is 14.5 Å². The van der Waals surface area contributed by atoms with Crippen molar-refractivity contribution in [3.05, 3.63) is 174 Å². The van der Waals surface area contributed by atoms with Crippen molar-refractivity contribution in [3.63, 3.8) is 0 Å². The number of thioether (sulfide) groups is 1. The Bertz CT molecular complexity index is 1680. The molecule has 0 radical (unpaired) electrons. The lowest BCUT2D eigenvalue weighted by atomic mass is 9.84. The monoisotopic (exact) mass is 596 g/mol. The number of carbonyl (C=O) groups is 1. The van der Waals surface area contributed by atoms with E-state index in [1.807, 2.05) is 30.3 Å². The van der Waals surface area contributed by atoms with Crippen LogP contribution in [0.2, 0.25) is 0 Å². The number of methoxy groups -OCH3 is 1. The molecule has 0 saturated carbocycles. The quantitative estimate of drug-likeness (QED) is 0.0918. The number of hydrogen-bond acceptors (Lipinski definition) is 6. The summed E-state index contributed by atoms with van der Waals surface area (Å²) in [6.07, 6.45) is 2.05. The third kappa shape index (κ3) is 6.31. The van der Waals surface area contributed by atoms with Crippen LogP contribution in [0.4, 0.5) is 6.01 Å². The second-order valence-corrected chi connectivity index (χ2v) is 11.6. The minimum atomic E-state index is -0.669. The predicted octanol–water partition coefficient (Wildman–Crippen LogP) is 8.62. The molecule has 0 bridgehead atoms. The lowest BCUT2D eigenvalue weighted by Gasteiger charge is -2.35. The molecular weight excluding hydrogens is 564 g/mol. The molecule has 0 aliphatic heterocycles. The molecule has 0 aliphatic carbocycles. The van der Waals surface area contributed by atoms with Crippen LogP contribution >= 0.6 is 11.8 Å². The highest BCUT2D eigenvalue weighted by Gasteiger charge is 2.37. The predicted molar refractivity (Wildman–Crippen MR) is 177 cm³/mol. The number of oxazole rings is 1. The fourth-order valence-corrected chi connectivity index (χ4v) is 6.75. The first-order valence-electron chi connectivity index (χ1n) is 14.5. The lowest BCUT2D eigenvalue weighted by molar-refractivity contribution is -0.141. The van der Waals surface area contributed by atoms with Gasteiger partial charge in [-0.15, -0.1) is 11.8 Å². The molecule has 5 nitrogen and oxygen atoms in total. The zero-order valence-corrected chi connectivity index (χ0v) is 25.1. The molecule has 0 spiro atoms. The van der Waals surface area contributed by atoms with Crippen LogP contribution in [0.3, 0.4) is 0 Å². The molecule has 0 aliphatic rings. The van der Waals surface area contributed by atoms with Crippen molar-refractivity contribution in [2.75, 3.05) is 12.4 Å². The zero-order chi connectivity index (χ0) is 30.2. The molecule has 6 heteroatoms. The Balaban J connectivity index is 1.27. The van der Waals surface area contributed by atoms with E-state index in [0.29, 0.717) is 12.2 Å². The Kier molecular flexibility index (Phi) is 8.90. The van der Waals surface area contributed by atoms with E-state index in [2.05, 4.69) is 126 Å². The second kappa shape index (κ2) is 13.5. The van der Waals surface area contributed by atoms with Crippen LogP contribution in [0.15, 0.2) is 161 Å². The first-order valence-corrected chi connectivity index (χ1v) is 15.3. The van der Waals surface area contributed by atoms with Crippen LogP contribution in [0.5, 0.6) is 0 Å². The van der Waals surface area contributed by atoms with Crippen LogP contribution < -0.4 is 5.32 Å². The van der Waals surface area contributed by atoms with Gasteiger partial charge in [0, 0.05) is 16.9 Å². The summed E-state index contributed by atoms with van der Waals surface area (Å²) in [7, 11) is 1.39. The second-order valence-electron chi connectivity index (χ2n) is 10.3. The number of rotatable bonds is 11. The van der Waals surface area contributed by atoms with E-state index in [4.69, 9.17) is 9.15 Å². The summed E-state index contributed by atoms with van der Waals surface area (Å²) in [5.74, 6) is 0.232. The molecule has 0 fully saturated rings. The minimum Gasteiger partial charge on any atom is -0.467 e. The minimum absolute atomic E-state index is 0.268. The van der Waals surface area contributed by atoms with Gasteiger partial charge in [-0.2, -0.15) is 0 Å². The molecule has 1 atom stereocenters. The maximum atomic E-state index is 12.8. The van der Waals surface area contributed by atoms with Crippen molar-refractivity contribution in [3.8, 4) is 11.3 Å². The normalized spacial score (nSPS) is 11.9. The van der Waals surface area contributed by atoms with Crippen molar-refractivity contribution < 1.29 is 13.9 Å². The number of hydrogen-bond donors (Lipinski definition) is 1. The highest BCUT2D eigenvalue weighted by atomic mass is 32.2. The number of ether oxygens (including phenoxy) is 1. The topological polar surface area (TPSA) is 64.4 Å². The lowest BCUT2D eigenvalue weighted by Crippen LogP contribution is -2.33. The summed E-state index contributed by atoms with van der Waals surface area (Å²) in [6, 6.07) is 49.6. The smallest absolute Gasteiger partial charge is 0.328 e. The van der Waals surface area contributed by atoms with Gasteiger partial charge in [-0.3, -0.25) is 0 Å². The number of esters is 1. The summed E-state index contributed by atoms with van der Waals surface area (Å²) in [4.78, 5) is 18.2. The molecule has 1 heterocycles. The van der Waals surface area contributed by atoms with Gasteiger partial charge in [0.15, 0.2) is 5.76 Å². The molecule has 44 heavy (non-hydrogen) atoms. The number of benzene rings is 5. The fourth-order valence-electron chi connectivity index (χ4n) is 5.36. The average molecular weight is 597 g/mol. The largest absolute Gasteiger partial charge is 0.467 e. The van der Waals surface area contributed by atoms with Gasteiger partial charge in [0.1, 0.15) is 6.04 Å². The van der Waals surface area contributed by atoms with Crippen molar-refractivity contribution in [1.29, 1.82) is 0 Å². The van der Waals surface area contributed by atoms with Gasteiger partial charge >= 0.3 is 5.97 Å². The summed E-state index contributed by atoms with van der Waals surface area (Å²) >= 11 is 1.80. The number of nitrogens with one attached hydrogen (secondary N) is 1. The maximum Gasteiger partial charge on any atom is 0.328 e. The van der Waals surface area contributed by atoms with E-state index in [1.165, 1.54) is 23.8 Å². The van der Waals surface area contributed by atoms with Crippen molar-refractivity contribution in [1.82, 2.24) is 4.98 Å². The van der Waals surface area contributed by atoms with Crippen molar-refractivity contribution in [2.24, 2.45) is 0 Å². The highest BCUT2D eigenvalue weighted by Crippen LogP contribution is 2.51. The van der Waals surface area contributed by atoms with Gasteiger partial charge in [-0.1, -0.05) is 133 Å². The molecule has 1 N–H and O–H groups in total. The van der Waals surface area contributed by atoms with Crippen molar-refractivity contribution in [2.45, 2.75) is 22.1 Å². The number of anilines is 1. The van der Waals surface area contributed by atoms with Gasteiger partial charge in [-0.25, -0.2) is 9.78 Å². The van der Waals surface area contributed by atoms with Crippen LogP contribution in [-0.4, -0.2) is 24.1 Å². The molecule has 1 aromatic heterocycles. The average Bonchev–Trinajstić information content (AvgIpc) is 3.57. The summed E-state index contributed by atoms with van der Waals surface area (Å²) < 4.78 is 10.5.